The Labute approximate surface area is 225 Å². The Balaban J connectivity index is 1.51. The van der Waals surface area contributed by atoms with Crippen LogP contribution < -0.4 is 5.32 Å². The van der Waals surface area contributed by atoms with Crippen LogP contribution in [-0.2, 0) is 46.6 Å². The average molecular weight is 576 g/mol. The minimum atomic E-state index is -4.46. The third kappa shape index (κ3) is 10.3. The number of amides is 3. The van der Waals surface area contributed by atoms with E-state index in [0.29, 0.717) is 0 Å². The van der Waals surface area contributed by atoms with Crippen molar-refractivity contribution in [3.05, 3.63) is 23.9 Å². The fourth-order valence-corrected chi connectivity index (χ4v) is 4.18. The lowest BCUT2D eigenvalue weighted by molar-refractivity contribution is -0.109. The quantitative estimate of drug-likeness (QED) is 0.104. The van der Waals surface area contributed by atoms with Gasteiger partial charge in [-0.15, -0.1) is 0 Å². The van der Waals surface area contributed by atoms with Crippen LogP contribution in [0.15, 0.2) is 23.9 Å². The molecule has 0 bridgehead atoms. The number of phosphoric acid groups is 1. The van der Waals surface area contributed by atoms with Gasteiger partial charge in [0.25, 0.3) is 0 Å². The number of imide groups is 1. The first-order chi connectivity index (χ1) is 18.7. The molecule has 0 unspecified atom stereocenters. The van der Waals surface area contributed by atoms with E-state index in [9.17, 15) is 23.7 Å². The van der Waals surface area contributed by atoms with Crippen LogP contribution in [0.3, 0.4) is 0 Å². The summed E-state index contributed by atoms with van der Waals surface area (Å²) in [5, 5.41) is 2.03. The molecule has 1 aliphatic heterocycles. The molecule has 3 amide bonds. The van der Waals surface area contributed by atoms with Crippen LogP contribution in [0.5, 0.6) is 0 Å². The molecule has 0 aromatic carbocycles. The van der Waals surface area contributed by atoms with E-state index in [2.05, 4.69) is 0 Å². The van der Waals surface area contributed by atoms with Crippen molar-refractivity contribution in [1.29, 1.82) is 0 Å². The summed E-state index contributed by atoms with van der Waals surface area (Å²) in [4.78, 5) is 47.6. The van der Waals surface area contributed by atoms with Gasteiger partial charge < -0.3 is 23.7 Å². The maximum Gasteiger partial charge on any atom is 0.510 e. The Morgan fingerprint density at radius 1 is 0.949 bits per heavy atom. The largest absolute Gasteiger partial charge is 0.510 e. The van der Waals surface area contributed by atoms with Crippen LogP contribution in [-0.4, -0.2) is 74.4 Å². The van der Waals surface area contributed by atoms with E-state index in [1.165, 1.54) is 18.4 Å². The molecule has 0 aromatic heterocycles. The molecule has 16 heteroatoms. The second-order valence-corrected chi connectivity index (χ2v) is 10.7. The van der Waals surface area contributed by atoms with Crippen molar-refractivity contribution < 1.29 is 61.0 Å². The zero-order valence-electron chi connectivity index (χ0n) is 21.7. The molecule has 2 saturated carbocycles. The third-order valence-corrected chi connectivity index (χ3v) is 7.00. The molecule has 0 saturated heterocycles. The molecule has 0 spiro atoms. The van der Waals surface area contributed by atoms with Crippen molar-refractivity contribution in [3.8, 4) is 0 Å². The summed E-state index contributed by atoms with van der Waals surface area (Å²) in [7, 11) is -4.46. The number of carbonyl (C=O) groups excluding carboxylic acids is 4. The van der Waals surface area contributed by atoms with E-state index in [0.717, 1.165) is 49.0 Å². The SMILES string of the molecule is CC(C)=CN(C(=O)NC=O)[C@H]1C=C[C@@H](COP(=O)(OCOC(=O)OC2CCC2)OCOC(=O)OC2CCC2)O1. The second kappa shape index (κ2) is 15.0. The summed E-state index contributed by atoms with van der Waals surface area (Å²) < 4.78 is 53.8. The van der Waals surface area contributed by atoms with Gasteiger partial charge in [0.15, 0.2) is 6.23 Å². The van der Waals surface area contributed by atoms with Gasteiger partial charge in [-0.25, -0.2) is 28.0 Å². The number of urea groups is 1. The number of nitrogens with one attached hydrogen (secondary N) is 1. The van der Waals surface area contributed by atoms with Gasteiger partial charge in [-0.05, 0) is 58.4 Å². The van der Waals surface area contributed by atoms with Gasteiger partial charge in [0.1, 0.15) is 18.3 Å². The van der Waals surface area contributed by atoms with Crippen LogP contribution >= 0.6 is 7.82 Å². The topological polar surface area (TPSA) is 174 Å². The maximum absolute atomic E-state index is 13.1. The van der Waals surface area contributed by atoms with Gasteiger partial charge >= 0.3 is 26.2 Å². The predicted molar refractivity (Wildman–Crippen MR) is 130 cm³/mol. The minimum Gasteiger partial charge on any atom is -0.431 e. The summed E-state index contributed by atoms with van der Waals surface area (Å²) in [5.41, 5.74) is 0.755. The number of carbonyl (C=O) groups is 4. The molecular weight excluding hydrogens is 543 g/mol. The first-order valence-corrected chi connectivity index (χ1v) is 13.9. The first kappa shape index (κ1) is 30.6. The van der Waals surface area contributed by atoms with Crippen LogP contribution in [0, 0.1) is 0 Å². The van der Waals surface area contributed by atoms with E-state index in [1.807, 2.05) is 5.32 Å². The van der Waals surface area contributed by atoms with Crippen molar-refractivity contribution in [2.75, 3.05) is 20.2 Å². The molecule has 218 valence electrons. The molecule has 0 radical (unpaired) electrons. The molecule has 1 N–H and O–H groups in total. The minimum absolute atomic E-state index is 0.231. The van der Waals surface area contributed by atoms with Crippen molar-refractivity contribution in [3.63, 3.8) is 0 Å². The number of allylic oxidation sites excluding steroid dienone is 1. The normalized spacial score (nSPS) is 20.7. The number of hydrogen-bond donors (Lipinski definition) is 1. The van der Waals surface area contributed by atoms with E-state index >= 15 is 0 Å². The van der Waals surface area contributed by atoms with Gasteiger partial charge in [-0.3, -0.25) is 19.5 Å². The molecule has 3 aliphatic rings. The van der Waals surface area contributed by atoms with Crippen LogP contribution in [0.2, 0.25) is 0 Å². The van der Waals surface area contributed by atoms with Crippen LogP contribution in [0.4, 0.5) is 14.4 Å². The standard InChI is InChI=1S/C23H33N2O13P/c1-16(2)11-25(21(27)24-13-26)20-10-9-19(36-20)12-33-39(30,34-14-31-22(28)37-17-5-3-6-17)35-15-32-23(29)38-18-7-4-8-18/h9-11,13,17-20H,3-8,12,14-15H2,1-2H3,(H,24,26,27)/t19-,20+/m0/s1. The Kier molecular flexibility index (Phi) is 11.7. The number of phosphoric ester groups is 1. The highest BCUT2D eigenvalue weighted by Crippen LogP contribution is 2.49. The van der Waals surface area contributed by atoms with Crippen LogP contribution in [0.25, 0.3) is 0 Å². The fourth-order valence-electron chi connectivity index (χ4n) is 3.26. The lowest BCUT2D eigenvalue weighted by Crippen LogP contribution is -2.42. The molecule has 2 atom stereocenters. The van der Waals surface area contributed by atoms with E-state index < -0.39 is 52.1 Å². The third-order valence-electron chi connectivity index (χ3n) is 5.70. The lowest BCUT2D eigenvalue weighted by atomic mass is 9.96. The van der Waals surface area contributed by atoms with Gasteiger partial charge in [0.2, 0.25) is 20.0 Å². The molecule has 3 rings (SSSR count). The number of nitrogens with zero attached hydrogens (tertiary/aromatic N) is 1. The van der Waals surface area contributed by atoms with E-state index in [1.54, 1.807) is 13.8 Å². The van der Waals surface area contributed by atoms with Gasteiger partial charge in [0.05, 0.1) is 6.61 Å². The molecule has 2 fully saturated rings. The van der Waals surface area contributed by atoms with Crippen molar-refractivity contribution >= 4 is 32.6 Å². The van der Waals surface area contributed by atoms with Crippen molar-refractivity contribution in [2.24, 2.45) is 0 Å². The smallest absolute Gasteiger partial charge is 0.431 e. The summed E-state index contributed by atoms with van der Waals surface area (Å²) in [5.74, 6) is 0. The van der Waals surface area contributed by atoms with Crippen LogP contribution in [0.1, 0.15) is 52.4 Å². The summed E-state index contributed by atoms with van der Waals surface area (Å²) in [6.45, 7) is 1.44. The molecule has 15 nitrogen and oxygen atoms in total. The molecule has 2 aliphatic carbocycles. The van der Waals surface area contributed by atoms with Crippen molar-refractivity contribution in [1.82, 2.24) is 10.2 Å². The summed E-state index contributed by atoms with van der Waals surface area (Å²) in [6, 6.07) is -0.725. The molecule has 39 heavy (non-hydrogen) atoms. The predicted octanol–water partition coefficient (Wildman–Crippen LogP) is 3.84. The number of rotatable bonds is 14. The first-order valence-electron chi connectivity index (χ1n) is 12.4. The Morgan fingerprint density at radius 3 is 1.97 bits per heavy atom. The number of ether oxygens (including phenoxy) is 5. The Bertz CT molecular complexity index is 937. The van der Waals surface area contributed by atoms with E-state index in [4.69, 9.17) is 37.3 Å². The highest BCUT2D eigenvalue weighted by Gasteiger charge is 2.34. The van der Waals surface area contributed by atoms with Gasteiger partial charge in [-0.1, -0.05) is 11.6 Å². The molecule has 0 aromatic rings. The van der Waals surface area contributed by atoms with Crippen molar-refractivity contribution in [2.45, 2.75) is 76.9 Å². The second-order valence-electron chi connectivity index (χ2n) is 9.00. The monoisotopic (exact) mass is 576 g/mol. The average Bonchev–Trinajstić information content (AvgIpc) is 3.30. The summed E-state index contributed by atoms with van der Waals surface area (Å²) in [6.07, 6.45) is 5.40. The highest BCUT2D eigenvalue weighted by molar-refractivity contribution is 7.48. The summed E-state index contributed by atoms with van der Waals surface area (Å²) >= 11 is 0. The fraction of sp³-hybridized carbons (Fsp3) is 0.652. The maximum atomic E-state index is 13.1. The Morgan fingerprint density at radius 2 is 1.51 bits per heavy atom. The van der Waals surface area contributed by atoms with E-state index in [-0.39, 0.29) is 25.2 Å². The zero-order valence-corrected chi connectivity index (χ0v) is 22.6. The number of hydrogen-bond acceptors (Lipinski definition) is 13. The Hall–Kier alpha value is -2.97. The zero-order chi connectivity index (χ0) is 28.3. The lowest BCUT2D eigenvalue weighted by Gasteiger charge is -2.26. The van der Waals surface area contributed by atoms with Gasteiger partial charge in [-0.2, -0.15) is 0 Å². The molecular formula is C23H33N2O13P. The van der Waals surface area contributed by atoms with Gasteiger partial charge in [0, 0.05) is 6.20 Å². The molecule has 1 heterocycles. The highest BCUT2D eigenvalue weighted by atomic mass is 31.2.